The number of amides is 3. The van der Waals surface area contributed by atoms with Gasteiger partial charge in [0, 0.05) is 12.1 Å². The first kappa shape index (κ1) is 16.6. The first-order valence-electron chi connectivity index (χ1n) is 7.93. The minimum Gasteiger partial charge on any atom is -0.349 e. The molecular formula is C20H18N2O3. The average molecular weight is 334 g/mol. The highest BCUT2D eigenvalue weighted by Crippen LogP contribution is 2.31. The van der Waals surface area contributed by atoms with E-state index in [0.29, 0.717) is 23.4 Å². The maximum atomic E-state index is 12.8. The molecule has 0 saturated carbocycles. The van der Waals surface area contributed by atoms with Gasteiger partial charge in [0.2, 0.25) is 0 Å². The molecule has 1 heterocycles. The van der Waals surface area contributed by atoms with Gasteiger partial charge in [-0.2, -0.15) is 0 Å². The van der Waals surface area contributed by atoms with Crippen molar-refractivity contribution < 1.29 is 14.4 Å². The summed E-state index contributed by atoms with van der Waals surface area (Å²) in [4.78, 5) is 38.8. The average Bonchev–Trinajstić information content (AvgIpc) is 2.85. The number of imide groups is 1. The number of nitrogens with zero attached hydrogens (tertiary/aromatic N) is 1. The van der Waals surface area contributed by atoms with Crippen LogP contribution in [0.15, 0.2) is 49.1 Å². The highest BCUT2D eigenvalue weighted by molar-refractivity contribution is 6.35. The van der Waals surface area contributed by atoms with Crippen LogP contribution in [-0.2, 0) is 0 Å². The van der Waals surface area contributed by atoms with Gasteiger partial charge in [-0.15, -0.1) is 6.58 Å². The summed E-state index contributed by atoms with van der Waals surface area (Å²) < 4.78 is 0. The Morgan fingerprint density at radius 3 is 2.52 bits per heavy atom. The molecule has 0 unspecified atom stereocenters. The first-order chi connectivity index (χ1) is 11.9. The number of aryl methyl sites for hydroxylation is 2. The van der Waals surface area contributed by atoms with Crippen LogP contribution in [0, 0.1) is 13.8 Å². The summed E-state index contributed by atoms with van der Waals surface area (Å²) in [6.45, 7) is 7.64. The van der Waals surface area contributed by atoms with Crippen molar-refractivity contribution in [2.75, 3.05) is 11.4 Å². The van der Waals surface area contributed by atoms with Crippen LogP contribution in [-0.4, -0.2) is 24.3 Å². The number of fused-ring (bicyclic) bond motifs is 1. The summed E-state index contributed by atoms with van der Waals surface area (Å²) in [6, 6.07) is 10.2. The quantitative estimate of drug-likeness (QED) is 0.690. The zero-order valence-electron chi connectivity index (χ0n) is 14.1. The molecule has 0 atom stereocenters. The molecule has 1 N–H and O–H groups in total. The van der Waals surface area contributed by atoms with Crippen LogP contribution in [0.1, 0.15) is 42.2 Å². The van der Waals surface area contributed by atoms with Crippen molar-refractivity contribution in [2.24, 2.45) is 0 Å². The van der Waals surface area contributed by atoms with E-state index in [2.05, 4.69) is 11.9 Å². The molecule has 0 bridgehead atoms. The third-order valence-electron chi connectivity index (χ3n) is 4.16. The largest absolute Gasteiger partial charge is 0.349 e. The van der Waals surface area contributed by atoms with Gasteiger partial charge in [-0.05, 0) is 49.2 Å². The Balaban J connectivity index is 2.01. The summed E-state index contributed by atoms with van der Waals surface area (Å²) >= 11 is 0. The fraction of sp³-hybridized carbons (Fsp3) is 0.150. The van der Waals surface area contributed by atoms with Crippen LogP contribution in [0.4, 0.5) is 5.69 Å². The van der Waals surface area contributed by atoms with Gasteiger partial charge in [-0.25, -0.2) is 4.90 Å². The van der Waals surface area contributed by atoms with E-state index >= 15 is 0 Å². The topological polar surface area (TPSA) is 66.5 Å². The van der Waals surface area contributed by atoms with E-state index in [1.807, 2.05) is 32.0 Å². The molecule has 2 aromatic carbocycles. The molecule has 3 amide bonds. The Morgan fingerprint density at radius 1 is 1.08 bits per heavy atom. The van der Waals surface area contributed by atoms with E-state index in [-0.39, 0.29) is 17.4 Å². The van der Waals surface area contributed by atoms with Crippen molar-refractivity contribution in [1.82, 2.24) is 5.32 Å². The lowest BCUT2D eigenvalue weighted by molar-refractivity contribution is 0.0923. The van der Waals surface area contributed by atoms with Crippen molar-refractivity contribution in [3.05, 3.63) is 76.9 Å². The zero-order valence-corrected chi connectivity index (χ0v) is 14.1. The van der Waals surface area contributed by atoms with Gasteiger partial charge < -0.3 is 5.32 Å². The molecule has 5 nitrogen and oxygen atoms in total. The molecule has 0 fully saturated rings. The van der Waals surface area contributed by atoms with E-state index in [1.165, 1.54) is 17.0 Å². The minimum atomic E-state index is -0.410. The smallest absolute Gasteiger partial charge is 0.266 e. The maximum absolute atomic E-state index is 12.8. The van der Waals surface area contributed by atoms with Gasteiger partial charge in [-0.1, -0.05) is 18.2 Å². The van der Waals surface area contributed by atoms with E-state index in [4.69, 9.17) is 0 Å². The van der Waals surface area contributed by atoms with E-state index < -0.39 is 5.91 Å². The molecule has 0 aromatic heterocycles. The molecular weight excluding hydrogens is 316 g/mol. The first-order valence-corrected chi connectivity index (χ1v) is 7.93. The number of hydrogen-bond donors (Lipinski definition) is 1. The fourth-order valence-electron chi connectivity index (χ4n) is 2.83. The molecule has 0 aliphatic carbocycles. The summed E-state index contributed by atoms with van der Waals surface area (Å²) in [5.74, 6) is -1.09. The number of carbonyl (C=O) groups excluding carboxylic acids is 3. The number of rotatable bonds is 4. The Hall–Kier alpha value is -3.21. The highest BCUT2D eigenvalue weighted by Gasteiger charge is 2.37. The van der Waals surface area contributed by atoms with E-state index in [9.17, 15) is 14.4 Å². The van der Waals surface area contributed by atoms with Crippen molar-refractivity contribution in [2.45, 2.75) is 13.8 Å². The second kappa shape index (κ2) is 6.36. The van der Waals surface area contributed by atoms with Crippen LogP contribution < -0.4 is 10.2 Å². The third kappa shape index (κ3) is 2.85. The number of anilines is 1. The predicted octanol–water partition coefficient (Wildman–Crippen LogP) is 3.02. The molecule has 5 heteroatoms. The molecule has 126 valence electrons. The normalized spacial score (nSPS) is 13.0. The predicted molar refractivity (Wildman–Crippen MR) is 96.0 cm³/mol. The molecule has 3 rings (SSSR count). The van der Waals surface area contributed by atoms with E-state index in [1.54, 1.807) is 12.1 Å². The molecule has 0 radical (unpaired) electrons. The lowest BCUT2D eigenvalue weighted by Gasteiger charge is -2.17. The monoisotopic (exact) mass is 334 g/mol. The molecule has 0 saturated heterocycles. The summed E-state index contributed by atoms with van der Waals surface area (Å²) in [7, 11) is 0. The second-order valence-corrected chi connectivity index (χ2v) is 5.99. The SMILES string of the molecule is C=CCNC(=O)c1ccc2c(c1)C(=O)N(c1cc(C)ccc1C)C2=O. The summed E-state index contributed by atoms with van der Waals surface area (Å²) in [6.07, 6.45) is 1.57. The van der Waals surface area contributed by atoms with Crippen LogP contribution in [0.3, 0.4) is 0 Å². The van der Waals surface area contributed by atoms with Crippen molar-refractivity contribution in [3.63, 3.8) is 0 Å². The van der Waals surface area contributed by atoms with Gasteiger partial charge >= 0.3 is 0 Å². The molecule has 0 spiro atoms. The van der Waals surface area contributed by atoms with Crippen molar-refractivity contribution in [1.29, 1.82) is 0 Å². The fourth-order valence-corrected chi connectivity index (χ4v) is 2.83. The lowest BCUT2D eigenvalue weighted by atomic mass is 10.1. The van der Waals surface area contributed by atoms with Gasteiger partial charge in [0.15, 0.2) is 0 Å². The van der Waals surface area contributed by atoms with Gasteiger partial charge in [0.05, 0.1) is 16.8 Å². The molecule has 1 aliphatic rings. The summed E-state index contributed by atoms with van der Waals surface area (Å²) in [5, 5.41) is 2.66. The van der Waals surface area contributed by atoms with Gasteiger partial charge in [0.25, 0.3) is 17.7 Å². The Kier molecular flexibility index (Phi) is 4.23. The Bertz CT molecular complexity index is 915. The number of carbonyl (C=O) groups is 3. The van der Waals surface area contributed by atoms with Crippen molar-refractivity contribution in [3.8, 4) is 0 Å². The minimum absolute atomic E-state index is 0.247. The Morgan fingerprint density at radius 2 is 1.80 bits per heavy atom. The number of hydrogen-bond acceptors (Lipinski definition) is 3. The third-order valence-corrected chi connectivity index (χ3v) is 4.16. The summed E-state index contributed by atoms with van der Waals surface area (Å²) in [5.41, 5.74) is 3.27. The number of nitrogens with one attached hydrogen (secondary N) is 1. The van der Waals surface area contributed by atoms with Crippen LogP contribution in [0.2, 0.25) is 0 Å². The van der Waals surface area contributed by atoms with Crippen LogP contribution >= 0.6 is 0 Å². The van der Waals surface area contributed by atoms with Gasteiger partial charge in [0.1, 0.15) is 0 Å². The van der Waals surface area contributed by atoms with Gasteiger partial charge in [-0.3, -0.25) is 14.4 Å². The molecule has 25 heavy (non-hydrogen) atoms. The Labute approximate surface area is 146 Å². The van der Waals surface area contributed by atoms with Crippen LogP contribution in [0.5, 0.6) is 0 Å². The van der Waals surface area contributed by atoms with Crippen LogP contribution in [0.25, 0.3) is 0 Å². The number of benzene rings is 2. The van der Waals surface area contributed by atoms with Crippen molar-refractivity contribution >= 4 is 23.4 Å². The second-order valence-electron chi connectivity index (χ2n) is 5.99. The zero-order chi connectivity index (χ0) is 18.1. The lowest BCUT2D eigenvalue weighted by Crippen LogP contribution is -2.30. The highest BCUT2D eigenvalue weighted by atomic mass is 16.2. The maximum Gasteiger partial charge on any atom is 0.266 e. The molecule has 1 aliphatic heterocycles. The van der Waals surface area contributed by atoms with E-state index in [0.717, 1.165) is 11.1 Å². The molecule has 2 aromatic rings. The standard InChI is InChI=1S/C20H18N2O3/c1-4-9-21-18(23)14-7-8-15-16(11-14)20(25)22(19(15)24)17-10-12(2)5-6-13(17)3/h4-8,10-11H,1,9H2,2-3H3,(H,21,23).